The number of fused-ring (bicyclic) bond motifs is 1. The molecule has 0 radical (unpaired) electrons. The number of esters is 1. The third-order valence-corrected chi connectivity index (χ3v) is 6.86. The Morgan fingerprint density at radius 3 is 2.24 bits per heavy atom. The average Bonchev–Trinajstić information content (AvgIpc) is 3.00. The monoisotopic (exact) mass is 626 g/mol. The molecule has 236 valence electrons. The second kappa shape index (κ2) is 12.3. The fraction of sp³-hybridized carbons (Fsp3) is 0.200. The molecule has 0 amide bonds. The summed E-state index contributed by atoms with van der Waals surface area (Å²) in [5, 5.41) is 91.3. The van der Waals surface area contributed by atoms with Crippen molar-refractivity contribution in [2.45, 2.75) is 30.7 Å². The number of carbonyl (C=O) groups excluding carboxylic acids is 1. The van der Waals surface area contributed by atoms with Crippen LogP contribution in [0.1, 0.15) is 5.56 Å². The molecule has 1 fully saturated rings. The lowest BCUT2D eigenvalue weighted by Crippen LogP contribution is -2.60. The lowest BCUT2D eigenvalue weighted by Gasteiger charge is -2.39. The average molecular weight is 627 g/mol. The number of aliphatic hydroxyl groups excluding tert-OH is 3. The van der Waals surface area contributed by atoms with E-state index in [0.29, 0.717) is 5.56 Å². The molecule has 1 aliphatic heterocycles. The van der Waals surface area contributed by atoms with Crippen molar-refractivity contribution in [3.05, 3.63) is 70.4 Å². The Morgan fingerprint density at radius 2 is 1.53 bits per heavy atom. The summed E-state index contributed by atoms with van der Waals surface area (Å²) in [6, 6.07) is 9.62. The lowest BCUT2D eigenvalue weighted by atomic mass is 9.99. The van der Waals surface area contributed by atoms with Crippen LogP contribution < -0.4 is 10.2 Å². The van der Waals surface area contributed by atoms with E-state index in [9.17, 15) is 55.5 Å². The Balaban J connectivity index is 1.37. The molecule has 0 saturated carbocycles. The summed E-state index contributed by atoms with van der Waals surface area (Å²) >= 11 is 0. The van der Waals surface area contributed by atoms with Crippen LogP contribution in [-0.2, 0) is 14.3 Å². The highest BCUT2D eigenvalue weighted by atomic mass is 16.7. The minimum absolute atomic E-state index is 0.0339. The molecular weight excluding hydrogens is 600 g/mol. The standard InChI is InChI=1S/C30H26O15/c31-14-4-1-12(2-5-14)3-6-21(35)42-11-20-24(37)26(39)28(41)30(45-20)44-19-8-13(7-17(34)23(19)36)29-27(40)25(38)22-16(33)9-15(32)10-18(22)43-29/h1-10,20,24,26,28,30-34,36-37,39-41H,11H2/b6-3+/t20-,24-,26+,28+,30+/m1/s1. The third kappa shape index (κ3) is 6.27. The van der Waals surface area contributed by atoms with Crippen molar-refractivity contribution in [3.8, 4) is 51.6 Å². The molecule has 45 heavy (non-hydrogen) atoms. The molecule has 5 atom stereocenters. The van der Waals surface area contributed by atoms with Crippen LogP contribution in [0.15, 0.2) is 63.8 Å². The quantitative estimate of drug-likeness (QED) is 0.0791. The first kappa shape index (κ1) is 31.0. The van der Waals surface area contributed by atoms with Gasteiger partial charge in [0.1, 0.15) is 59.2 Å². The summed E-state index contributed by atoms with van der Waals surface area (Å²) in [6.07, 6.45) is -6.37. The predicted octanol–water partition coefficient (Wildman–Crippen LogP) is 1.14. The minimum atomic E-state index is -1.93. The number of hydrogen-bond acceptors (Lipinski definition) is 15. The van der Waals surface area contributed by atoms with E-state index in [-0.39, 0.29) is 16.9 Å². The Labute approximate surface area is 251 Å². The van der Waals surface area contributed by atoms with Crippen LogP contribution in [0, 0.1) is 0 Å². The van der Waals surface area contributed by atoms with Gasteiger partial charge in [-0.25, -0.2) is 4.79 Å². The number of hydrogen-bond donors (Lipinski definition) is 9. The minimum Gasteiger partial charge on any atom is -0.508 e. The van der Waals surface area contributed by atoms with Gasteiger partial charge in [0.05, 0.1) is 0 Å². The third-order valence-electron chi connectivity index (χ3n) is 6.86. The van der Waals surface area contributed by atoms with Gasteiger partial charge in [0.25, 0.3) is 0 Å². The zero-order chi connectivity index (χ0) is 32.6. The van der Waals surface area contributed by atoms with Crippen molar-refractivity contribution >= 4 is 23.0 Å². The van der Waals surface area contributed by atoms with E-state index in [1.807, 2.05) is 0 Å². The summed E-state index contributed by atoms with van der Waals surface area (Å²) in [6.45, 7) is -0.614. The number of aliphatic hydroxyl groups is 3. The van der Waals surface area contributed by atoms with Crippen LogP contribution in [0.4, 0.5) is 0 Å². The molecule has 2 heterocycles. The highest BCUT2D eigenvalue weighted by Crippen LogP contribution is 2.43. The molecule has 3 aromatic carbocycles. The predicted molar refractivity (Wildman–Crippen MR) is 152 cm³/mol. The summed E-state index contributed by atoms with van der Waals surface area (Å²) in [5.41, 5.74) is -1.10. The maximum Gasteiger partial charge on any atom is 0.330 e. The van der Waals surface area contributed by atoms with E-state index >= 15 is 0 Å². The van der Waals surface area contributed by atoms with Crippen LogP contribution in [0.25, 0.3) is 28.4 Å². The van der Waals surface area contributed by atoms with Gasteiger partial charge in [0.2, 0.25) is 23.2 Å². The first-order chi connectivity index (χ1) is 21.3. The van der Waals surface area contributed by atoms with Crippen molar-refractivity contribution in [2.75, 3.05) is 6.61 Å². The zero-order valence-corrected chi connectivity index (χ0v) is 22.8. The normalized spacial score (nSPS) is 21.6. The van der Waals surface area contributed by atoms with Crippen molar-refractivity contribution in [2.24, 2.45) is 0 Å². The van der Waals surface area contributed by atoms with E-state index in [2.05, 4.69) is 0 Å². The fourth-order valence-corrected chi connectivity index (χ4v) is 4.52. The fourth-order valence-electron chi connectivity index (χ4n) is 4.52. The van der Waals surface area contributed by atoms with Crippen molar-refractivity contribution in [1.82, 2.24) is 0 Å². The number of rotatable bonds is 7. The number of ether oxygens (including phenoxy) is 3. The van der Waals surface area contributed by atoms with Crippen LogP contribution in [0.2, 0.25) is 0 Å². The number of benzene rings is 3. The van der Waals surface area contributed by atoms with Gasteiger partial charge in [-0.1, -0.05) is 12.1 Å². The Bertz CT molecular complexity index is 1830. The SMILES string of the molecule is O=C(/C=C/c1ccc(O)cc1)OC[C@H]1O[C@H](Oc2cc(-c3oc4cc(O)cc(O)c4c(=O)c3O)cc(O)c2O)[C@@H](O)[C@@H](O)[C@@H]1O. The van der Waals surface area contributed by atoms with Crippen LogP contribution in [0.3, 0.4) is 0 Å². The van der Waals surface area contributed by atoms with Gasteiger partial charge in [-0.15, -0.1) is 0 Å². The molecule has 15 nitrogen and oxygen atoms in total. The van der Waals surface area contributed by atoms with Crippen molar-refractivity contribution in [1.29, 1.82) is 0 Å². The van der Waals surface area contributed by atoms with Gasteiger partial charge in [0, 0.05) is 23.8 Å². The smallest absolute Gasteiger partial charge is 0.330 e. The summed E-state index contributed by atoms with van der Waals surface area (Å²) in [4.78, 5) is 24.9. The van der Waals surface area contributed by atoms with Gasteiger partial charge in [-0.2, -0.15) is 0 Å². The summed E-state index contributed by atoms with van der Waals surface area (Å²) in [5.74, 6) is -5.87. The van der Waals surface area contributed by atoms with E-state index in [0.717, 1.165) is 30.3 Å². The molecule has 0 aliphatic carbocycles. The van der Waals surface area contributed by atoms with Gasteiger partial charge in [0.15, 0.2) is 17.3 Å². The van der Waals surface area contributed by atoms with E-state index in [1.165, 1.54) is 18.2 Å². The topological polar surface area (TPSA) is 257 Å². The molecule has 1 aliphatic rings. The first-order valence-electron chi connectivity index (χ1n) is 13.1. The molecule has 9 N–H and O–H groups in total. The number of phenols is 5. The largest absolute Gasteiger partial charge is 0.508 e. The van der Waals surface area contributed by atoms with Gasteiger partial charge in [-0.05, 0) is 35.9 Å². The highest BCUT2D eigenvalue weighted by molar-refractivity contribution is 5.88. The number of aromatic hydroxyl groups is 6. The number of phenolic OH excluding ortho intramolecular Hbond substituents is 5. The van der Waals surface area contributed by atoms with Gasteiger partial charge in [-0.3, -0.25) is 4.79 Å². The van der Waals surface area contributed by atoms with Crippen LogP contribution in [-0.4, -0.2) is 89.2 Å². The van der Waals surface area contributed by atoms with Gasteiger partial charge < -0.3 is 64.6 Å². The Morgan fingerprint density at radius 1 is 0.822 bits per heavy atom. The zero-order valence-electron chi connectivity index (χ0n) is 22.8. The first-order valence-corrected chi connectivity index (χ1v) is 13.1. The molecule has 4 aromatic rings. The molecule has 1 saturated heterocycles. The maximum absolute atomic E-state index is 12.7. The molecule has 15 heteroatoms. The molecule has 1 aromatic heterocycles. The summed E-state index contributed by atoms with van der Waals surface area (Å²) < 4.78 is 21.6. The van der Waals surface area contributed by atoms with Crippen LogP contribution >= 0.6 is 0 Å². The second-order valence-electron chi connectivity index (χ2n) is 9.98. The molecule has 0 spiro atoms. The highest BCUT2D eigenvalue weighted by Gasteiger charge is 2.46. The Hall–Kier alpha value is -5.48. The molecule has 5 rings (SSSR count). The Kier molecular flexibility index (Phi) is 8.43. The molecule has 0 unspecified atom stereocenters. The van der Waals surface area contributed by atoms with E-state index in [4.69, 9.17) is 18.6 Å². The van der Waals surface area contributed by atoms with E-state index < -0.39 is 94.4 Å². The van der Waals surface area contributed by atoms with E-state index in [1.54, 1.807) is 12.1 Å². The van der Waals surface area contributed by atoms with Crippen molar-refractivity contribution in [3.63, 3.8) is 0 Å². The van der Waals surface area contributed by atoms with Crippen LogP contribution in [0.5, 0.6) is 40.2 Å². The second-order valence-corrected chi connectivity index (χ2v) is 9.98. The summed E-state index contributed by atoms with van der Waals surface area (Å²) in [7, 11) is 0. The van der Waals surface area contributed by atoms with Gasteiger partial charge >= 0.3 is 5.97 Å². The molecular formula is C30H26O15. The lowest BCUT2D eigenvalue weighted by molar-refractivity contribution is -0.278. The number of carbonyl (C=O) groups is 1. The van der Waals surface area contributed by atoms with Crippen molar-refractivity contribution < 1.29 is 69.4 Å². The maximum atomic E-state index is 12.7. The molecule has 0 bridgehead atoms.